The zero-order valence-electron chi connectivity index (χ0n) is 15.6. The zero-order chi connectivity index (χ0) is 20.4. The number of phenolic OH excluding ortho intramolecular Hbond substituents is 1. The number of carbonyl (C=O) groups is 2. The Hall–Kier alpha value is -3.32. The summed E-state index contributed by atoms with van der Waals surface area (Å²) < 4.78 is 4.98. The van der Waals surface area contributed by atoms with Crippen molar-refractivity contribution in [1.29, 1.82) is 0 Å². The Labute approximate surface area is 163 Å². The highest BCUT2D eigenvalue weighted by molar-refractivity contribution is 6.06. The van der Waals surface area contributed by atoms with E-state index in [0.717, 1.165) is 0 Å². The van der Waals surface area contributed by atoms with Crippen molar-refractivity contribution in [2.75, 3.05) is 25.5 Å². The smallest absolute Gasteiger partial charge is 0.337 e. The fraction of sp³-hybridized carbons (Fsp3) is 0.238. The van der Waals surface area contributed by atoms with Crippen LogP contribution in [0.15, 0.2) is 48.5 Å². The quantitative estimate of drug-likeness (QED) is 0.590. The molecule has 148 valence electrons. The van der Waals surface area contributed by atoms with Gasteiger partial charge >= 0.3 is 5.97 Å². The van der Waals surface area contributed by atoms with Crippen LogP contribution >= 0.6 is 0 Å². The van der Waals surface area contributed by atoms with Gasteiger partial charge in [-0.2, -0.15) is 0 Å². The number of ether oxygens (including phenoxy) is 1. The van der Waals surface area contributed by atoms with Crippen molar-refractivity contribution in [1.82, 2.24) is 5.32 Å². The lowest BCUT2D eigenvalue weighted by Crippen LogP contribution is -2.11. The molecule has 1 aliphatic rings. The lowest BCUT2D eigenvalue weighted by molar-refractivity contribution is -0.111. The SMILES string of the molecule is C1CCNC1.COc1cc(/C=C/C(=O)Nc2ccccc2C(=O)O)ccc1O. The largest absolute Gasteiger partial charge is 0.504 e. The van der Waals surface area contributed by atoms with E-state index in [1.807, 2.05) is 0 Å². The molecule has 1 fully saturated rings. The molecule has 2 aromatic rings. The Morgan fingerprint density at radius 2 is 1.86 bits per heavy atom. The Kier molecular flexibility index (Phi) is 8.05. The number of para-hydroxylation sites is 1. The molecule has 0 spiro atoms. The predicted molar refractivity (Wildman–Crippen MR) is 108 cm³/mol. The van der Waals surface area contributed by atoms with Crippen LogP contribution in [0, 0.1) is 0 Å². The highest BCUT2D eigenvalue weighted by Gasteiger charge is 2.10. The maximum atomic E-state index is 11.9. The summed E-state index contributed by atoms with van der Waals surface area (Å²) in [6.07, 6.45) is 5.57. The van der Waals surface area contributed by atoms with Gasteiger partial charge in [-0.25, -0.2) is 4.79 Å². The second-order valence-electron chi connectivity index (χ2n) is 6.06. The van der Waals surface area contributed by atoms with Gasteiger partial charge in [0.25, 0.3) is 0 Å². The maximum absolute atomic E-state index is 11.9. The third-order valence-electron chi connectivity index (χ3n) is 4.00. The van der Waals surface area contributed by atoms with Gasteiger partial charge in [-0.1, -0.05) is 18.2 Å². The van der Waals surface area contributed by atoms with Crippen molar-refractivity contribution >= 4 is 23.6 Å². The van der Waals surface area contributed by atoms with Crippen molar-refractivity contribution in [3.8, 4) is 11.5 Å². The van der Waals surface area contributed by atoms with Crippen LogP contribution in [-0.4, -0.2) is 42.3 Å². The van der Waals surface area contributed by atoms with Crippen molar-refractivity contribution in [2.24, 2.45) is 0 Å². The van der Waals surface area contributed by atoms with Gasteiger partial charge in [-0.15, -0.1) is 0 Å². The van der Waals surface area contributed by atoms with Gasteiger partial charge in [0.2, 0.25) is 5.91 Å². The number of aromatic hydroxyl groups is 1. The molecule has 1 saturated heterocycles. The second-order valence-corrected chi connectivity index (χ2v) is 6.06. The standard InChI is InChI=1S/C17H15NO5.C4H9N/c1-23-15-10-11(6-8-14(15)19)7-9-16(20)18-13-5-3-2-4-12(13)17(21)22;1-2-4-5-3-1/h2-10,19H,1H3,(H,18,20)(H,21,22);5H,1-4H2/b9-7+;. The van der Waals surface area contributed by atoms with Crippen LogP contribution in [0.4, 0.5) is 5.69 Å². The van der Waals surface area contributed by atoms with Gasteiger partial charge in [0, 0.05) is 6.08 Å². The van der Waals surface area contributed by atoms with Gasteiger partial charge in [0.05, 0.1) is 18.4 Å². The van der Waals surface area contributed by atoms with E-state index in [4.69, 9.17) is 9.84 Å². The summed E-state index contributed by atoms with van der Waals surface area (Å²) in [4.78, 5) is 23.0. The number of rotatable bonds is 5. The topological polar surface area (TPSA) is 108 Å². The molecule has 0 unspecified atom stereocenters. The van der Waals surface area contributed by atoms with E-state index in [-0.39, 0.29) is 17.0 Å². The van der Waals surface area contributed by atoms with Gasteiger partial charge < -0.3 is 25.6 Å². The van der Waals surface area contributed by atoms with Gasteiger partial charge in [0.15, 0.2) is 11.5 Å². The first-order valence-corrected chi connectivity index (χ1v) is 8.90. The molecule has 0 aliphatic carbocycles. The van der Waals surface area contributed by atoms with Crippen LogP contribution in [0.5, 0.6) is 11.5 Å². The first-order valence-electron chi connectivity index (χ1n) is 8.90. The number of hydrogen-bond acceptors (Lipinski definition) is 5. The maximum Gasteiger partial charge on any atom is 0.337 e. The van der Waals surface area contributed by atoms with Gasteiger partial charge in [0.1, 0.15) is 0 Å². The second kappa shape index (κ2) is 10.7. The van der Waals surface area contributed by atoms with Crippen molar-refractivity contribution in [2.45, 2.75) is 12.8 Å². The molecule has 7 nitrogen and oxygen atoms in total. The molecule has 1 aliphatic heterocycles. The number of amides is 1. The first kappa shape index (κ1) is 21.0. The molecular formula is C21H24N2O5. The lowest BCUT2D eigenvalue weighted by atomic mass is 10.1. The number of aromatic carboxylic acids is 1. The average molecular weight is 384 g/mol. The van der Waals surface area contributed by atoms with E-state index < -0.39 is 11.9 Å². The average Bonchev–Trinajstić information content (AvgIpc) is 3.28. The summed E-state index contributed by atoms with van der Waals surface area (Å²) in [5.74, 6) is -1.29. The molecule has 2 aromatic carbocycles. The highest BCUT2D eigenvalue weighted by Crippen LogP contribution is 2.26. The van der Waals surface area contributed by atoms with Gasteiger partial charge in [-0.3, -0.25) is 4.79 Å². The Balaban J connectivity index is 0.000000485. The Morgan fingerprint density at radius 3 is 2.46 bits per heavy atom. The molecule has 4 N–H and O–H groups in total. The molecule has 7 heteroatoms. The molecule has 0 radical (unpaired) electrons. The van der Waals surface area contributed by atoms with E-state index in [2.05, 4.69) is 10.6 Å². The van der Waals surface area contributed by atoms with E-state index >= 15 is 0 Å². The number of carbonyl (C=O) groups excluding carboxylic acids is 1. The summed E-state index contributed by atoms with van der Waals surface area (Å²) in [7, 11) is 1.43. The van der Waals surface area contributed by atoms with Crippen LogP contribution in [0.3, 0.4) is 0 Å². The predicted octanol–water partition coefficient (Wildman–Crippen LogP) is 3.12. The number of anilines is 1. The normalized spacial score (nSPS) is 12.9. The third-order valence-corrected chi connectivity index (χ3v) is 4.00. The van der Waals surface area contributed by atoms with E-state index in [1.165, 1.54) is 63.4 Å². The van der Waals surface area contributed by atoms with E-state index in [1.54, 1.807) is 24.3 Å². The number of carboxylic acid groups (broad SMARTS) is 1. The molecule has 0 atom stereocenters. The van der Waals surface area contributed by atoms with Crippen LogP contribution in [-0.2, 0) is 4.79 Å². The summed E-state index contributed by atoms with van der Waals surface area (Å²) in [6.45, 7) is 2.50. The number of methoxy groups -OCH3 is 1. The monoisotopic (exact) mass is 384 g/mol. The molecule has 28 heavy (non-hydrogen) atoms. The van der Waals surface area contributed by atoms with E-state index in [9.17, 15) is 14.7 Å². The molecule has 1 amide bonds. The zero-order valence-corrected chi connectivity index (χ0v) is 15.6. The van der Waals surface area contributed by atoms with Gasteiger partial charge in [-0.05, 0) is 61.8 Å². The van der Waals surface area contributed by atoms with Crippen LogP contribution in [0.2, 0.25) is 0 Å². The van der Waals surface area contributed by atoms with Crippen LogP contribution in [0.1, 0.15) is 28.8 Å². The molecule has 0 aromatic heterocycles. The number of benzene rings is 2. The lowest BCUT2D eigenvalue weighted by Gasteiger charge is -2.06. The highest BCUT2D eigenvalue weighted by atomic mass is 16.5. The van der Waals surface area contributed by atoms with Crippen LogP contribution < -0.4 is 15.4 Å². The fourth-order valence-electron chi connectivity index (χ4n) is 2.55. The summed E-state index contributed by atoms with van der Waals surface area (Å²) in [5.41, 5.74) is 0.889. The van der Waals surface area contributed by atoms with Crippen molar-refractivity contribution in [3.63, 3.8) is 0 Å². The number of phenols is 1. The molecular weight excluding hydrogens is 360 g/mol. The Morgan fingerprint density at radius 1 is 1.14 bits per heavy atom. The Bertz CT molecular complexity index is 837. The minimum absolute atomic E-state index is 0.00415. The fourth-order valence-corrected chi connectivity index (χ4v) is 2.55. The molecule has 3 rings (SSSR count). The molecule has 0 bridgehead atoms. The van der Waals surface area contributed by atoms with Crippen molar-refractivity contribution < 1.29 is 24.5 Å². The first-order chi connectivity index (χ1) is 13.5. The molecule has 1 heterocycles. The number of hydrogen-bond donors (Lipinski definition) is 4. The third kappa shape index (κ3) is 6.44. The number of nitrogens with one attached hydrogen (secondary N) is 2. The minimum Gasteiger partial charge on any atom is -0.504 e. The summed E-state index contributed by atoms with van der Waals surface area (Å²) in [5, 5.41) is 24.3. The number of carboxylic acids is 1. The van der Waals surface area contributed by atoms with Crippen molar-refractivity contribution in [3.05, 3.63) is 59.7 Å². The van der Waals surface area contributed by atoms with Crippen LogP contribution in [0.25, 0.3) is 6.08 Å². The van der Waals surface area contributed by atoms with E-state index in [0.29, 0.717) is 11.3 Å². The summed E-state index contributed by atoms with van der Waals surface area (Å²) >= 11 is 0. The minimum atomic E-state index is -1.12. The summed E-state index contributed by atoms with van der Waals surface area (Å²) in [6, 6.07) is 10.8. The molecule has 0 saturated carbocycles.